The third-order valence-electron chi connectivity index (χ3n) is 2.94. The molecule has 0 atom stereocenters. The third-order valence-corrected chi connectivity index (χ3v) is 5.32. The second kappa shape index (κ2) is 4.28. The Bertz CT molecular complexity index is 644. The summed E-state index contributed by atoms with van der Waals surface area (Å²) in [5.74, 6) is 0.624. The molecular formula is C15H14S2. The van der Waals surface area contributed by atoms with Crippen LogP contribution in [0.5, 0.6) is 0 Å². The van der Waals surface area contributed by atoms with E-state index in [0.29, 0.717) is 5.92 Å². The van der Waals surface area contributed by atoms with Gasteiger partial charge in [-0.3, -0.25) is 0 Å². The Morgan fingerprint density at radius 3 is 2.59 bits per heavy atom. The van der Waals surface area contributed by atoms with Crippen molar-refractivity contribution in [1.29, 1.82) is 0 Å². The highest BCUT2D eigenvalue weighted by Gasteiger charge is 2.09. The molecule has 2 heteroatoms. The highest BCUT2D eigenvalue weighted by molar-refractivity contribution is 7.19. The molecule has 0 N–H and O–H groups in total. The average Bonchev–Trinajstić information content (AvgIpc) is 2.95. The van der Waals surface area contributed by atoms with Crippen LogP contribution in [0.4, 0.5) is 0 Å². The van der Waals surface area contributed by atoms with Crippen LogP contribution >= 0.6 is 22.7 Å². The van der Waals surface area contributed by atoms with Crippen molar-refractivity contribution in [3.05, 3.63) is 46.7 Å². The maximum atomic E-state index is 2.28. The van der Waals surface area contributed by atoms with Gasteiger partial charge in [-0.2, -0.15) is 0 Å². The fraction of sp³-hybridized carbons (Fsp3) is 0.200. The fourth-order valence-corrected chi connectivity index (χ4v) is 4.05. The van der Waals surface area contributed by atoms with Gasteiger partial charge < -0.3 is 0 Å². The monoisotopic (exact) mass is 258 g/mol. The molecule has 0 saturated carbocycles. The molecule has 17 heavy (non-hydrogen) atoms. The van der Waals surface area contributed by atoms with Gasteiger partial charge >= 0.3 is 0 Å². The number of rotatable bonds is 2. The van der Waals surface area contributed by atoms with Crippen molar-refractivity contribution in [3.63, 3.8) is 0 Å². The number of hydrogen-bond acceptors (Lipinski definition) is 2. The van der Waals surface area contributed by atoms with Crippen LogP contribution in [0.2, 0.25) is 0 Å². The molecule has 86 valence electrons. The summed E-state index contributed by atoms with van der Waals surface area (Å²) >= 11 is 3.75. The van der Waals surface area contributed by atoms with E-state index in [9.17, 15) is 0 Å². The predicted molar refractivity (Wildman–Crippen MR) is 79.2 cm³/mol. The minimum Gasteiger partial charge on any atom is -0.143 e. The first-order valence-electron chi connectivity index (χ1n) is 5.82. The first-order chi connectivity index (χ1) is 8.25. The smallest absolute Gasteiger partial charge is 0.0360 e. The van der Waals surface area contributed by atoms with E-state index in [4.69, 9.17) is 0 Å². The van der Waals surface area contributed by atoms with Gasteiger partial charge in [0.2, 0.25) is 0 Å². The Labute approximate surface area is 110 Å². The molecule has 0 unspecified atom stereocenters. The van der Waals surface area contributed by atoms with Crippen LogP contribution in [0.15, 0.2) is 41.8 Å². The van der Waals surface area contributed by atoms with E-state index >= 15 is 0 Å². The van der Waals surface area contributed by atoms with E-state index in [0.717, 1.165) is 0 Å². The summed E-state index contributed by atoms with van der Waals surface area (Å²) in [6.07, 6.45) is 0. The van der Waals surface area contributed by atoms with E-state index in [2.05, 4.69) is 55.6 Å². The minimum absolute atomic E-state index is 0.624. The lowest BCUT2D eigenvalue weighted by atomic mass is 10.1. The molecule has 0 radical (unpaired) electrons. The Morgan fingerprint density at radius 2 is 1.82 bits per heavy atom. The van der Waals surface area contributed by atoms with Crippen molar-refractivity contribution in [1.82, 2.24) is 0 Å². The number of fused-ring (bicyclic) bond motifs is 1. The maximum absolute atomic E-state index is 2.28. The summed E-state index contributed by atoms with van der Waals surface area (Å²) in [7, 11) is 0. The van der Waals surface area contributed by atoms with Crippen molar-refractivity contribution >= 4 is 32.8 Å². The molecule has 3 aromatic rings. The van der Waals surface area contributed by atoms with Gasteiger partial charge in [0.15, 0.2) is 0 Å². The molecule has 2 aromatic heterocycles. The zero-order valence-corrected chi connectivity index (χ0v) is 11.6. The molecule has 0 aliphatic rings. The Kier molecular flexibility index (Phi) is 2.77. The quantitative estimate of drug-likeness (QED) is 0.548. The van der Waals surface area contributed by atoms with Gasteiger partial charge in [-0.05, 0) is 24.1 Å². The summed E-state index contributed by atoms with van der Waals surface area (Å²) in [5, 5.41) is 3.66. The molecule has 0 amide bonds. The van der Waals surface area contributed by atoms with Gasteiger partial charge in [0.1, 0.15) is 0 Å². The summed E-state index contributed by atoms with van der Waals surface area (Å²) in [5.41, 5.74) is 1.39. The van der Waals surface area contributed by atoms with Gasteiger partial charge in [0, 0.05) is 30.8 Å². The summed E-state index contributed by atoms with van der Waals surface area (Å²) in [4.78, 5) is 2.86. The van der Waals surface area contributed by atoms with Gasteiger partial charge in [0.05, 0.1) is 0 Å². The van der Waals surface area contributed by atoms with E-state index in [1.807, 2.05) is 22.7 Å². The van der Waals surface area contributed by atoms with Crippen molar-refractivity contribution in [2.24, 2.45) is 0 Å². The standard InChI is InChI=1S/C15H14S2/c1-10(2)13-7-8-15(17-13)12-9-16-14-6-4-3-5-11(12)14/h3-10H,1-2H3. The summed E-state index contributed by atoms with van der Waals surface area (Å²) < 4.78 is 1.38. The highest BCUT2D eigenvalue weighted by Crippen LogP contribution is 2.38. The van der Waals surface area contributed by atoms with Gasteiger partial charge in [0.25, 0.3) is 0 Å². The Morgan fingerprint density at radius 1 is 1.00 bits per heavy atom. The first-order valence-corrected chi connectivity index (χ1v) is 7.51. The predicted octanol–water partition coefficient (Wildman–Crippen LogP) is 5.75. The van der Waals surface area contributed by atoms with Gasteiger partial charge in [-0.15, -0.1) is 22.7 Å². The topological polar surface area (TPSA) is 0 Å². The zero-order chi connectivity index (χ0) is 11.8. The molecule has 0 saturated heterocycles. The molecule has 2 heterocycles. The second-order valence-corrected chi connectivity index (χ2v) is 6.53. The molecule has 0 aliphatic heterocycles. The maximum Gasteiger partial charge on any atom is 0.0360 e. The van der Waals surface area contributed by atoms with E-state index in [-0.39, 0.29) is 0 Å². The van der Waals surface area contributed by atoms with E-state index in [1.165, 1.54) is 25.4 Å². The van der Waals surface area contributed by atoms with E-state index < -0.39 is 0 Å². The van der Waals surface area contributed by atoms with Crippen molar-refractivity contribution < 1.29 is 0 Å². The lowest BCUT2D eigenvalue weighted by Crippen LogP contribution is -1.77. The first kappa shape index (κ1) is 11.0. The second-order valence-electron chi connectivity index (χ2n) is 4.50. The van der Waals surface area contributed by atoms with Crippen LogP contribution in [0.25, 0.3) is 20.5 Å². The van der Waals surface area contributed by atoms with Crippen molar-refractivity contribution in [3.8, 4) is 10.4 Å². The van der Waals surface area contributed by atoms with Crippen molar-refractivity contribution in [2.75, 3.05) is 0 Å². The molecule has 0 fully saturated rings. The average molecular weight is 258 g/mol. The summed E-state index contributed by atoms with van der Waals surface area (Å²) in [6.45, 7) is 4.50. The number of benzene rings is 1. The normalized spacial score (nSPS) is 11.5. The Balaban J connectivity index is 2.14. The van der Waals surface area contributed by atoms with Gasteiger partial charge in [-0.25, -0.2) is 0 Å². The van der Waals surface area contributed by atoms with Crippen LogP contribution in [-0.4, -0.2) is 0 Å². The Hall–Kier alpha value is -1.12. The largest absolute Gasteiger partial charge is 0.143 e. The van der Waals surface area contributed by atoms with Crippen molar-refractivity contribution in [2.45, 2.75) is 19.8 Å². The van der Waals surface area contributed by atoms with Crippen LogP contribution in [0, 0.1) is 0 Å². The minimum atomic E-state index is 0.624. The van der Waals surface area contributed by atoms with Crippen LogP contribution < -0.4 is 0 Å². The zero-order valence-electron chi connectivity index (χ0n) is 9.94. The molecule has 0 aliphatic carbocycles. The van der Waals surface area contributed by atoms with Gasteiger partial charge in [-0.1, -0.05) is 32.0 Å². The molecule has 0 spiro atoms. The number of hydrogen-bond donors (Lipinski definition) is 0. The van der Waals surface area contributed by atoms with Crippen LogP contribution in [-0.2, 0) is 0 Å². The molecular weight excluding hydrogens is 244 g/mol. The third kappa shape index (κ3) is 1.92. The highest BCUT2D eigenvalue weighted by atomic mass is 32.1. The number of thiophene rings is 2. The van der Waals surface area contributed by atoms with Crippen LogP contribution in [0.3, 0.4) is 0 Å². The van der Waals surface area contributed by atoms with E-state index in [1.54, 1.807) is 0 Å². The molecule has 1 aromatic carbocycles. The molecule has 3 rings (SSSR count). The van der Waals surface area contributed by atoms with Crippen LogP contribution in [0.1, 0.15) is 24.6 Å². The molecule has 0 bridgehead atoms. The fourth-order valence-electron chi connectivity index (χ4n) is 1.98. The lowest BCUT2D eigenvalue weighted by molar-refractivity contribution is 0.890. The lowest BCUT2D eigenvalue weighted by Gasteiger charge is -1.98. The SMILES string of the molecule is CC(C)c1ccc(-c2csc3ccccc23)s1. The summed E-state index contributed by atoms with van der Waals surface area (Å²) in [6, 6.07) is 13.2. The molecule has 0 nitrogen and oxygen atoms in total.